The third-order valence-electron chi connectivity index (χ3n) is 8.71. The van der Waals surface area contributed by atoms with Crippen LogP contribution >= 0.6 is 0 Å². The molecule has 4 saturated carbocycles. The van der Waals surface area contributed by atoms with Crippen LogP contribution < -0.4 is 0 Å². The van der Waals surface area contributed by atoms with Crippen molar-refractivity contribution in [2.24, 2.45) is 23.7 Å². The Morgan fingerprint density at radius 1 is 0.767 bits per heavy atom. The molecule has 0 aromatic heterocycles. The third kappa shape index (κ3) is 6.75. The van der Waals surface area contributed by atoms with Crippen molar-refractivity contribution in [3.63, 3.8) is 0 Å². The number of rotatable bonds is 10. The Bertz CT molecular complexity index is 648. The highest BCUT2D eigenvalue weighted by Gasteiger charge is 2.27. The SMILES string of the molecule is CC(=C(CC(C=C=CCCC1CCCC1)=CCC1CC1)C1CCCCC1)C1CCC1. The van der Waals surface area contributed by atoms with E-state index in [0.717, 1.165) is 23.7 Å². The van der Waals surface area contributed by atoms with Gasteiger partial charge in [0, 0.05) is 0 Å². The van der Waals surface area contributed by atoms with Gasteiger partial charge in [0.25, 0.3) is 0 Å². The van der Waals surface area contributed by atoms with Gasteiger partial charge in [0.05, 0.1) is 0 Å². The second-order valence-corrected chi connectivity index (χ2v) is 11.0. The van der Waals surface area contributed by atoms with Crippen LogP contribution in [-0.4, -0.2) is 0 Å². The topological polar surface area (TPSA) is 0 Å². The lowest BCUT2D eigenvalue weighted by atomic mass is 9.72. The van der Waals surface area contributed by atoms with E-state index < -0.39 is 0 Å². The van der Waals surface area contributed by atoms with Crippen LogP contribution in [-0.2, 0) is 0 Å². The van der Waals surface area contributed by atoms with Crippen molar-refractivity contribution < 1.29 is 0 Å². The summed E-state index contributed by atoms with van der Waals surface area (Å²) in [7, 11) is 0. The van der Waals surface area contributed by atoms with Gasteiger partial charge in [-0.3, -0.25) is 0 Å². The summed E-state index contributed by atoms with van der Waals surface area (Å²) in [6, 6.07) is 0. The molecule has 0 aromatic carbocycles. The summed E-state index contributed by atoms with van der Waals surface area (Å²) < 4.78 is 0. The first kappa shape index (κ1) is 22.2. The van der Waals surface area contributed by atoms with E-state index in [1.54, 1.807) is 11.1 Å². The zero-order chi connectivity index (χ0) is 20.6. The van der Waals surface area contributed by atoms with Crippen molar-refractivity contribution in [1.29, 1.82) is 0 Å². The third-order valence-corrected chi connectivity index (χ3v) is 8.71. The highest BCUT2D eigenvalue weighted by Crippen LogP contribution is 2.42. The molecule has 0 atom stereocenters. The highest BCUT2D eigenvalue weighted by molar-refractivity contribution is 5.31. The molecule has 0 saturated heterocycles. The van der Waals surface area contributed by atoms with Crippen molar-refractivity contribution >= 4 is 0 Å². The van der Waals surface area contributed by atoms with Crippen molar-refractivity contribution in [2.45, 2.75) is 122 Å². The summed E-state index contributed by atoms with van der Waals surface area (Å²) in [5.41, 5.74) is 8.80. The van der Waals surface area contributed by atoms with E-state index >= 15 is 0 Å². The Balaban J connectivity index is 1.43. The number of allylic oxidation sites excluding steroid dienone is 5. The van der Waals surface area contributed by atoms with Gasteiger partial charge in [0.15, 0.2) is 0 Å². The summed E-state index contributed by atoms with van der Waals surface area (Å²) in [5, 5.41) is 0. The Kier molecular flexibility index (Phi) is 8.56. The van der Waals surface area contributed by atoms with Gasteiger partial charge in [-0.1, -0.05) is 68.6 Å². The van der Waals surface area contributed by atoms with Crippen LogP contribution in [0, 0.1) is 23.7 Å². The largest absolute Gasteiger partial charge is 0.125 e. The lowest BCUT2D eigenvalue weighted by molar-refractivity contribution is 0.347. The fraction of sp³-hybridized carbons (Fsp3) is 0.767. The van der Waals surface area contributed by atoms with Gasteiger partial charge >= 0.3 is 0 Å². The molecule has 0 nitrogen and oxygen atoms in total. The number of hydrogen-bond acceptors (Lipinski definition) is 0. The van der Waals surface area contributed by atoms with E-state index in [1.807, 2.05) is 5.57 Å². The van der Waals surface area contributed by atoms with Crippen LogP contribution in [0.4, 0.5) is 0 Å². The van der Waals surface area contributed by atoms with Crippen LogP contribution in [0.3, 0.4) is 0 Å². The molecule has 30 heavy (non-hydrogen) atoms. The lowest BCUT2D eigenvalue weighted by Gasteiger charge is -2.33. The van der Waals surface area contributed by atoms with Gasteiger partial charge in [-0.2, -0.15) is 0 Å². The van der Waals surface area contributed by atoms with E-state index in [4.69, 9.17) is 0 Å². The molecule has 0 bridgehead atoms. The van der Waals surface area contributed by atoms with Crippen LogP contribution in [0.2, 0.25) is 0 Å². The van der Waals surface area contributed by atoms with Gasteiger partial charge in [-0.15, -0.1) is 5.73 Å². The van der Waals surface area contributed by atoms with Gasteiger partial charge in [-0.05, 0) is 113 Å². The number of hydrogen-bond donors (Lipinski definition) is 0. The predicted molar refractivity (Wildman–Crippen MR) is 131 cm³/mol. The van der Waals surface area contributed by atoms with E-state index in [2.05, 4.69) is 30.9 Å². The molecule has 4 fully saturated rings. The summed E-state index contributed by atoms with van der Waals surface area (Å²) in [5.74, 6) is 3.74. The zero-order valence-corrected chi connectivity index (χ0v) is 19.8. The molecule has 0 aliphatic heterocycles. The maximum absolute atomic E-state index is 3.62. The first-order valence-electron chi connectivity index (χ1n) is 13.6. The van der Waals surface area contributed by atoms with E-state index in [9.17, 15) is 0 Å². The normalized spacial score (nSPS) is 24.9. The van der Waals surface area contributed by atoms with E-state index in [1.165, 1.54) is 116 Å². The fourth-order valence-electron chi connectivity index (χ4n) is 6.10. The van der Waals surface area contributed by atoms with Crippen LogP contribution in [0.1, 0.15) is 122 Å². The molecule has 0 aromatic rings. The molecule has 0 heterocycles. The second kappa shape index (κ2) is 11.6. The minimum Gasteiger partial charge on any atom is -0.125 e. The molecule has 0 N–H and O–H groups in total. The zero-order valence-electron chi connectivity index (χ0n) is 19.8. The minimum atomic E-state index is 0.864. The second-order valence-electron chi connectivity index (χ2n) is 11.0. The molecule has 4 aliphatic carbocycles. The lowest BCUT2D eigenvalue weighted by Crippen LogP contribution is -2.18. The van der Waals surface area contributed by atoms with Gasteiger partial charge in [0.1, 0.15) is 0 Å². The minimum absolute atomic E-state index is 0.864. The Hall–Kier alpha value is -1.00. The smallest absolute Gasteiger partial charge is 0.00587 e. The van der Waals surface area contributed by atoms with Crippen LogP contribution in [0.5, 0.6) is 0 Å². The van der Waals surface area contributed by atoms with E-state index in [0.29, 0.717) is 0 Å². The van der Waals surface area contributed by atoms with Crippen molar-refractivity contribution in [3.8, 4) is 0 Å². The Morgan fingerprint density at radius 2 is 1.47 bits per heavy atom. The average Bonchev–Trinajstić information content (AvgIpc) is 3.41. The van der Waals surface area contributed by atoms with Gasteiger partial charge in [0.2, 0.25) is 0 Å². The van der Waals surface area contributed by atoms with Crippen molar-refractivity contribution in [1.82, 2.24) is 0 Å². The molecular weight excluding hydrogens is 360 g/mol. The van der Waals surface area contributed by atoms with Gasteiger partial charge in [-0.25, -0.2) is 0 Å². The fourth-order valence-corrected chi connectivity index (χ4v) is 6.10. The Morgan fingerprint density at radius 3 is 2.13 bits per heavy atom. The Labute approximate surface area is 187 Å². The maximum Gasteiger partial charge on any atom is -0.00587 e. The molecule has 0 unspecified atom stereocenters. The molecule has 0 heteroatoms. The van der Waals surface area contributed by atoms with Crippen molar-refractivity contribution in [2.75, 3.05) is 0 Å². The molecular formula is C30H46. The van der Waals surface area contributed by atoms with E-state index in [-0.39, 0.29) is 0 Å². The highest BCUT2D eigenvalue weighted by atomic mass is 14.3. The monoisotopic (exact) mass is 406 g/mol. The molecule has 0 spiro atoms. The molecule has 166 valence electrons. The maximum atomic E-state index is 3.62. The standard InChI is InChI=1S/C30H46/c1-24(28-17-10-18-28)30(29-15-6-3-7-16-29)23-27(22-21-26-19-20-26)14-5-2-4-11-25-12-8-9-13-25/h2,14,22,25-26,28-29H,3-4,6-13,15-21,23H2,1H3. The summed E-state index contributed by atoms with van der Waals surface area (Å²) >= 11 is 0. The molecule has 0 amide bonds. The predicted octanol–water partition coefficient (Wildman–Crippen LogP) is 9.48. The molecule has 4 rings (SSSR count). The van der Waals surface area contributed by atoms with Crippen LogP contribution in [0.15, 0.2) is 40.7 Å². The molecule has 4 aliphatic rings. The quantitative estimate of drug-likeness (QED) is 0.192. The first-order chi connectivity index (χ1) is 14.8. The van der Waals surface area contributed by atoms with Crippen molar-refractivity contribution in [3.05, 3.63) is 40.7 Å². The summed E-state index contributed by atoms with van der Waals surface area (Å²) in [6.45, 7) is 2.49. The molecule has 0 radical (unpaired) electrons. The summed E-state index contributed by atoms with van der Waals surface area (Å²) in [4.78, 5) is 0. The first-order valence-corrected chi connectivity index (χ1v) is 13.6. The van der Waals surface area contributed by atoms with Crippen LogP contribution in [0.25, 0.3) is 0 Å². The summed E-state index contributed by atoms with van der Waals surface area (Å²) in [6.07, 6.45) is 32.8. The average molecular weight is 407 g/mol. The van der Waals surface area contributed by atoms with Gasteiger partial charge < -0.3 is 0 Å².